The average Bonchev–Trinajstić information content (AvgIpc) is 2.72. The van der Waals surface area contributed by atoms with Gasteiger partial charge in [0.25, 0.3) is 0 Å². The summed E-state index contributed by atoms with van der Waals surface area (Å²) >= 11 is 0. The number of nitrogens with one attached hydrogen (secondary N) is 2. The molecular formula is C20H23N5O2. The van der Waals surface area contributed by atoms with Gasteiger partial charge in [-0.05, 0) is 42.3 Å². The van der Waals surface area contributed by atoms with Gasteiger partial charge in [0, 0.05) is 5.69 Å². The topological polar surface area (TPSA) is 81.2 Å². The van der Waals surface area contributed by atoms with Gasteiger partial charge in [-0.2, -0.15) is 10.1 Å². The molecule has 0 amide bonds. The van der Waals surface area contributed by atoms with Gasteiger partial charge in [0.1, 0.15) is 18.1 Å². The Morgan fingerprint density at radius 1 is 1.00 bits per heavy atom. The van der Waals surface area contributed by atoms with E-state index in [2.05, 4.69) is 38.8 Å². The summed E-state index contributed by atoms with van der Waals surface area (Å²) in [6, 6.07) is 15.6. The average molecular weight is 365 g/mol. The standard InChI is InChI=1S/C20H23N5O2/c1-3-15-6-4-5-7-18(15)23-20-24-19(14-22-25-20)21-12-13-27-17-10-8-16(26-2)9-11-17/h4-11,14H,3,12-13H2,1-2H3,(H2,21,23,24,25). The van der Waals surface area contributed by atoms with Crippen LogP contribution < -0.4 is 20.1 Å². The molecule has 0 unspecified atom stereocenters. The van der Waals surface area contributed by atoms with Crippen molar-refractivity contribution in [3.8, 4) is 11.5 Å². The maximum absolute atomic E-state index is 5.69. The van der Waals surface area contributed by atoms with Gasteiger partial charge in [0.2, 0.25) is 5.95 Å². The van der Waals surface area contributed by atoms with E-state index in [1.54, 1.807) is 13.3 Å². The first-order valence-corrected chi connectivity index (χ1v) is 8.84. The highest BCUT2D eigenvalue weighted by atomic mass is 16.5. The van der Waals surface area contributed by atoms with E-state index in [0.29, 0.717) is 24.9 Å². The van der Waals surface area contributed by atoms with Crippen molar-refractivity contribution in [2.75, 3.05) is 30.9 Å². The SMILES string of the molecule is CCc1ccccc1Nc1nncc(NCCOc2ccc(OC)cc2)n1. The second-order valence-corrected chi connectivity index (χ2v) is 5.75. The fraction of sp³-hybridized carbons (Fsp3) is 0.250. The fourth-order valence-electron chi connectivity index (χ4n) is 2.53. The molecule has 1 aromatic heterocycles. The smallest absolute Gasteiger partial charge is 0.249 e. The maximum atomic E-state index is 5.69. The van der Waals surface area contributed by atoms with Crippen LogP contribution in [-0.2, 0) is 6.42 Å². The molecule has 2 N–H and O–H groups in total. The fourth-order valence-corrected chi connectivity index (χ4v) is 2.53. The van der Waals surface area contributed by atoms with Crippen LogP contribution in [0.25, 0.3) is 0 Å². The molecule has 140 valence electrons. The van der Waals surface area contributed by atoms with Gasteiger partial charge in [-0.1, -0.05) is 25.1 Å². The van der Waals surface area contributed by atoms with Crippen molar-refractivity contribution >= 4 is 17.5 Å². The molecule has 7 heteroatoms. The lowest BCUT2D eigenvalue weighted by Crippen LogP contribution is -2.13. The Morgan fingerprint density at radius 3 is 2.56 bits per heavy atom. The summed E-state index contributed by atoms with van der Waals surface area (Å²) in [6.45, 7) is 3.20. The molecule has 0 saturated heterocycles. The van der Waals surface area contributed by atoms with E-state index in [0.717, 1.165) is 23.6 Å². The molecule has 0 aliphatic rings. The molecule has 0 fully saturated rings. The lowest BCUT2D eigenvalue weighted by atomic mass is 10.1. The molecule has 3 aromatic rings. The van der Waals surface area contributed by atoms with Crippen LogP contribution in [0, 0.1) is 0 Å². The number of hydrogen-bond donors (Lipinski definition) is 2. The van der Waals surface area contributed by atoms with Crippen LogP contribution >= 0.6 is 0 Å². The highest BCUT2D eigenvalue weighted by Crippen LogP contribution is 2.19. The second kappa shape index (κ2) is 9.38. The Labute approximate surface area is 158 Å². The first-order chi connectivity index (χ1) is 13.3. The highest BCUT2D eigenvalue weighted by molar-refractivity contribution is 5.58. The van der Waals surface area contributed by atoms with E-state index in [1.165, 1.54) is 5.56 Å². The number of rotatable bonds is 9. The molecule has 0 spiro atoms. The first kappa shape index (κ1) is 18.4. The van der Waals surface area contributed by atoms with E-state index < -0.39 is 0 Å². The number of para-hydroxylation sites is 1. The monoisotopic (exact) mass is 365 g/mol. The van der Waals surface area contributed by atoms with E-state index in [9.17, 15) is 0 Å². The van der Waals surface area contributed by atoms with E-state index in [-0.39, 0.29) is 0 Å². The zero-order valence-electron chi connectivity index (χ0n) is 15.5. The van der Waals surface area contributed by atoms with Gasteiger partial charge in [-0.15, -0.1) is 5.10 Å². The van der Waals surface area contributed by atoms with Crippen molar-refractivity contribution in [1.29, 1.82) is 0 Å². The third-order valence-electron chi connectivity index (χ3n) is 3.94. The minimum absolute atomic E-state index is 0.456. The van der Waals surface area contributed by atoms with Gasteiger partial charge in [-0.25, -0.2) is 0 Å². The van der Waals surface area contributed by atoms with Crippen LogP contribution in [0.2, 0.25) is 0 Å². The number of benzene rings is 2. The molecule has 1 heterocycles. The van der Waals surface area contributed by atoms with Crippen LogP contribution in [0.1, 0.15) is 12.5 Å². The minimum atomic E-state index is 0.456. The van der Waals surface area contributed by atoms with Crippen LogP contribution in [0.3, 0.4) is 0 Å². The van der Waals surface area contributed by atoms with Gasteiger partial charge < -0.3 is 20.1 Å². The summed E-state index contributed by atoms with van der Waals surface area (Å²) in [4.78, 5) is 4.44. The Morgan fingerprint density at radius 2 is 1.78 bits per heavy atom. The van der Waals surface area contributed by atoms with Crippen molar-refractivity contribution in [1.82, 2.24) is 15.2 Å². The number of ether oxygens (including phenoxy) is 2. The van der Waals surface area contributed by atoms with E-state index in [1.807, 2.05) is 42.5 Å². The Bertz CT molecular complexity index is 855. The normalized spacial score (nSPS) is 10.3. The van der Waals surface area contributed by atoms with Gasteiger partial charge in [-0.3, -0.25) is 0 Å². The number of nitrogens with zero attached hydrogens (tertiary/aromatic N) is 3. The molecular weight excluding hydrogens is 342 g/mol. The Hall–Kier alpha value is -3.35. The maximum Gasteiger partial charge on any atom is 0.249 e. The van der Waals surface area contributed by atoms with Crippen LogP contribution in [0.4, 0.5) is 17.5 Å². The van der Waals surface area contributed by atoms with Crippen molar-refractivity contribution in [3.05, 3.63) is 60.3 Å². The van der Waals surface area contributed by atoms with Crippen LogP contribution in [-0.4, -0.2) is 35.4 Å². The molecule has 0 radical (unpaired) electrons. The quantitative estimate of drug-likeness (QED) is 0.560. The van der Waals surface area contributed by atoms with Crippen molar-refractivity contribution in [3.63, 3.8) is 0 Å². The summed E-state index contributed by atoms with van der Waals surface area (Å²) in [6.07, 6.45) is 2.52. The third kappa shape index (κ3) is 5.31. The predicted molar refractivity (Wildman–Crippen MR) is 106 cm³/mol. The lowest BCUT2D eigenvalue weighted by Gasteiger charge is -2.11. The van der Waals surface area contributed by atoms with Crippen LogP contribution in [0.5, 0.6) is 11.5 Å². The third-order valence-corrected chi connectivity index (χ3v) is 3.94. The van der Waals surface area contributed by atoms with E-state index in [4.69, 9.17) is 9.47 Å². The summed E-state index contributed by atoms with van der Waals surface area (Å²) in [7, 11) is 1.64. The molecule has 3 rings (SSSR count). The number of aryl methyl sites for hydroxylation is 1. The summed E-state index contributed by atoms with van der Waals surface area (Å²) < 4.78 is 10.8. The zero-order chi connectivity index (χ0) is 18.9. The summed E-state index contributed by atoms with van der Waals surface area (Å²) in [5.41, 5.74) is 2.19. The second-order valence-electron chi connectivity index (χ2n) is 5.75. The number of aromatic nitrogens is 3. The molecule has 27 heavy (non-hydrogen) atoms. The summed E-state index contributed by atoms with van der Waals surface area (Å²) in [5.74, 6) is 2.69. The molecule has 0 aliphatic carbocycles. The summed E-state index contributed by atoms with van der Waals surface area (Å²) in [5, 5.41) is 14.5. The number of anilines is 3. The predicted octanol–water partition coefficient (Wildman–Crippen LogP) is 3.68. The molecule has 7 nitrogen and oxygen atoms in total. The molecule has 0 bridgehead atoms. The Kier molecular flexibility index (Phi) is 6.40. The lowest BCUT2D eigenvalue weighted by molar-refractivity contribution is 0.331. The van der Waals surface area contributed by atoms with Crippen molar-refractivity contribution < 1.29 is 9.47 Å². The van der Waals surface area contributed by atoms with Crippen molar-refractivity contribution in [2.45, 2.75) is 13.3 Å². The largest absolute Gasteiger partial charge is 0.497 e. The first-order valence-electron chi connectivity index (χ1n) is 8.84. The molecule has 2 aromatic carbocycles. The molecule has 0 atom stereocenters. The van der Waals surface area contributed by atoms with Crippen LogP contribution in [0.15, 0.2) is 54.7 Å². The Balaban J connectivity index is 1.51. The van der Waals surface area contributed by atoms with Gasteiger partial charge in [0.15, 0.2) is 5.82 Å². The van der Waals surface area contributed by atoms with E-state index >= 15 is 0 Å². The number of methoxy groups -OCH3 is 1. The zero-order valence-corrected chi connectivity index (χ0v) is 15.5. The minimum Gasteiger partial charge on any atom is -0.497 e. The highest BCUT2D eigenvalue weighted by Gasteiger charge is 2.04. The van der Waals surface area contributed by atoms with Crippen molar-refractivity contribution in [2.24, 2.45) is 0 Å². The molecule has 0 aliphatic heterocycles. The van der Waals surface area contributed by atoms with Gasteiger partial charge in [0.05, 0.1) is 19.9 Å². The number of hydrogen-bond acceptors (Lipinski definition) is 7. The molecule has 0 saturated carbocycles. The van der Waals surface area contributed by atoms with Gasteiger partial charge >= 0.3 is 0 Å².